The summed E-state index contributed by atoms with van der Waals surface area (Å²) in [5, 5.41) is 10.0. The molecule has 6 heteroatoms. The van der Waals surface area contributed by atoms with Crippen molar-refractivity contribution in [3.8, 4) is 17.1 Å². The lowest BCUT2D eigenvalue weighted by atomic mass is 10.3. The van der Waals surface area contributed by atoms with Gasteiger partial charge in [0, 0.05) is 6.07 Å². The predicted molar refractivity (Wildman–Crippen MR) is 48.1 cm³/mol. The Morgan fingerprint density at radius 2 is 2.43 bits per heavy atom. The van der Waals surface area contributed by atoms with Crippen LogP contribution in [-0.4, -0.2) is 33.8 Å². The molecule has 0 saturated carbocycles. The molecule has 0 saturated heterocycles. The van der Waals surface area contributed by atoms with Gasteiger partial charge in [0.05, 0.1) is 19.0 Å². The number of hydrogen-bond donors (Lipinski definition) is 2. The molecule has 0 spiro atoms. The van der Waals surface area contributed by atoms with E-state index < -0.39 is 0 Å². The first kappa shape index (κ1) is 8.49. The average Bonchev–Trinajstić information content (AvgIpc) is 2.85. The standard InChI is InChI=1S/C8H8N4O2/c1-14-8-2-5(10-7(8)4-13)6-3-9-12-11-6/h2-4,10H,1H3,(H,9,11,12). The molecule has 0 bridgehead atoms. The first-order chi connectivity index (χ1) is 6.85. The maximum absolute atomic E-state index is 10.6. The van der Waals surface area contributed by atoms with Crippen molar-refractivity contribution in [1.29, 1.82) is 0 Å². The van der Waals surface area contributed by atoms with Gasteiger partial charge in [0.1, 0.15) is 17.1 Å². The topological polar surface area (TPSA) is 83.7 Å². The lowest BCUT2D eigenvalue weighted by Crippen LogP contribution is -1.86. The number of aldehydes is 1. The summed E-state index contributed by atoms with van der Waals surface area (Å²) in [6.07, 6.45) is 2.25. The Morgan fingerprint density at radius 3 is 2.93 bits per heavy atom. The molecule has 14 heavy (non-hydrogen) atoms. The quantitative estimate of drug-likeness (QED) is 0.698. The van der Waals surface area contributed by atoms with E-state index >= 15 is 0 Å². The zero-order valence-electron chi connectivity index (χ0n) is 7.44. The smallest absolute Gasteiger partial charge is 0.170 e. The number of rotatable bonds is 3. The number of carbonyl (C=O) groups excluding carboxylic acids is 1. The molecular weight excluding hydrogens is 184 g/mol. The highest BCUT2D eigenvalue weighted by Gasteiger charge is 2.10. The van der Waals surface area contributed by atoms with Gasteiger partial charge >= 0.3 is 0 Å². The predicted octanol–water partition coefficient (Wildman–Crippen LogP) is 0.621. The van der Waals surface area contributed by atoms with Crippen LogP contribution in [0.15, 0.2) is 12.3 Å². The van der Waals surface area contributed by atoms with E-state index in [2.05, 4.69) is 20.4 Å². The van der Waals surface area contributed by atoms with E-state index in [4.69, 9.17) is 4.74 Å². The number of aromatic nitrogens is 4. The second-order valence-corrected chi connectivity index (χ2v) is 2.64. The lowest BCUT2D eigenvalue weighted by molar-refractivity contribution is 0.111. The summed E-state index contributed by atoms with van der Waals surface area (Å²) in [6.45, 7) is 0. The highest BCUT2D eigenvalue weighted by atomic mass is 16.5. The van der Waals surface area contributed by atoms with Gasteiger partial charge in [-0.3, -0.25) is 4.79 Å². The van der Waals surface area contributed by atoms with Crippen molar-refractivity contribution in [2.45, 2.75) is 0 Å². The van der Waals surface area contributed by atoms with Crippen molar-refractivity contribution in [3.05, 3.63) is 18.0 Å². The molecular formula is C8H8N4O2. The van der Waals surface area contributed by atoms with Crippen LogP contribution in [0.4, 0.5) is 0 Å². The first-order valence-corrected chi connectivity index (χ1v) is 3.93. The number of nitrogens with zero attached hydrogens (tertiary/aromatic N) is 2. The fourth-order valence-corrected chi connectivity index (χ4v) is 1.18. The van der Waals surface area contributed by atoms with Crippen molar-refractivity contribution in [3.63, 3.8) is 0 Å². The van der Waals surface area contributed by atoms with Crippen LogP contribution >= 0.6 is 0 Å². The molecule has 2 aromatic heterocycles. The molecule has 2 aromatic rings. The van der Waals surface area contributed by atoms with Crippen molar-refractivity contribution >= 4 is 6.29 Å². The molecule has 2 rings (SSSR count). The van der Waals surface area contributed by atoms with E-state index in [0.717, 1.165) is 0 Å². The van der Waals surface area contributed by atoms with E-state index in [1.165, 1.54) is 7.11 Å². The van der Waals surface area contributed by atoms with Gasteiger partial charge in [0.2, 0.25) is 0 Å². The maximum atomic E-state index is 10.6. The minimum absolute atomic E-state index is 0.394. The number of hydrogen-bond acceptors (Lipinski definition) is 4. The fourth-order valence-electron chi connectivity index (χ4n) is 1.18. The molecule has 6 nitrogen and oxygen atoms in total. The summed E-state index contributed by atoms with van der Waals surface area (Å²) in [5.41, 5.74) is 1.72. The van der Waals surface area contributed by atoms with Crippen LogP contribution < -0.4 is 4.74 Å². The summed E-state index contributed by atoms with van der Waals surface area (Å²) in [7, 11) is 1.50. The zero-order chi connectivity index (χ0) is 9.97. The van der Waals surface area contributed by atoms with Crippen molar-refractivity contribution in [2.75, 3.05) is 7.11 Å². The summed E-state index contributed by atoms with van der Waals surface area (Å²) in [4.78, 5) is 13.5. The molecule has 2 N–H and O–H groups in total. The van der Waals surface area contributed by atoms with Gasteiger partial charge in [0.25, 0.3) is 0 Å². The Bertz CT molecular complexity index is 432. The number of carbonyl (C=O) groups is 1. The van der Waals surface area contributed by atoms with Gasteiger partial charge in [0.15, 0.2) is 6.29 Å². The maximum Gasteiger partial charge on any atom is 0.170 e. The van der Waals surface area contributed by atoms with Gasteiger partial charge in [-0.15, -0.1) is 0 Å². The van der Waals surface area contributed by atoms with E-state index in [1.54, 1.807) is 12.3 Å². The van der Waals surface area contributed by atoms with E-state index in [-0.39, 0.29) is 0 Å². The molecule has 0 amide bonds. The summed E-state index contributed by atoms with van der Waals surface area (Å²) in [6, 6.07) is 1.70. The molecule has 0 radical (unpaired) electrons. The van der Waals surface area contributed by atoms with Crippen LogP contribution in [0.25, 0.3) is 11.4 Å². The monoisotopic (exact) mass is 192 g/mol. The van der Waals surface area contributed by atoms with Crippen LogP contribution in [0.1, 0.15) is 10.5 Å². The number of ether oxygens (including phenoxy) is 1. The number of aromatic amines is 2. The highest BCUT2D eigenvalue weighted by molar-refractivity contribution is 5.79. The van der Waals surface area contributed by atoms with Gasteiger partial charge in [-0.25, -0.2) is 0 Å². The van der Waals surface area contributed by atoms with Gasteiger partial charge in [-0.1, -0.05) is 0 Å². The molecule has 0 fully saturated rings. The third-order valence-electron chi connectivity index (χ3n) is 1.84. The largest absolute Gasteiger partial charge is 0.494 e. The SMILES string of the molecule is COc1cc(-c2cn[nH]n2)[nH]c1C=O. The Hall–Kier alpha value is -2.11. The molecule has 72 valence electrons. The van der Waals surface area contributed by atoms with Crippen LogP contribution in [0.3, 0.4) is 0 Å². The van der Waals surface area contributed by atoms with Gasteiger partial charge in [-0.05, 0) is 0 Å². The number of nitrogens with one attached hydrogen (secondary N) is 2. The zero-order valence-corrected chi connectivity index (χ0v) is 7.44. The van der Waals surface area contributed by atoms with Crippen molar-refractivity contribution < 1.29 is 9.53 Å². The van der Waals surface area contributed by atoms with Gasteiger partial charge < -0.3 is 9.72 Å². The molecule has 0 aliphatic rings. The number of H-pyrrole nitrogens is 2. The molecule has 0 aliphatic carbocycles. The molecule has 0 atom stereocenters. The van der Waals surface area contributed by atoms with Crippen LogP contribution in [0, 0.1) is 0 Å². The third-order valence-corrected chi connectivity index (χ3v) is 1.84. The summed E-state index contributed by atoms with van der Waals surface area (Å²) in [5.74, 6) is 0.498. The second kappa shape index (κ2) is 3.33. The minimum Gasteiger partial charge on any atom is -0.494 e. The molecule has 0 aromatic carbocycles. The molecule has 0 unspecified atom stereocenters. The van der Waals surface area contributed by atoms with Crippen LogP contribution in [0.5, 0.6) is 5.75 Å². The van der Waals surface area contributed by atoms with E-state index in [9.17, 15) is 4.79 Å². The van der Waals surface area contributed by atoms with E-state index in [0.29, 0.717) is 29.1 Å². The van der Waals surface area contributed by atoms with Crippen LogP contribution in [-0.2, 0) is 0 Å². The highest BCUT2D eigenvalue weighted by Crippen LogP contribution is 2.23. The molecule has 0 aliphatic heterocycles. The summed E-state index contributed by atoms with van der Waals surface area (Å²) < 4.78 is 4.99. The average molecular weight is 192 g/mol. The van der Waals surface area contributed by atoms with Crippen molar-refractivity contribution in [1.82, 2.24) is 20.4 Å². The van der Waals surface area contributed by atoms with Crippen molar-refractivity contribution in [2.24, 2.45) is 0 Å². The first-order valence-electron chi connectivity index (χ1n) is 3.93. The fraction of sp³-hybridized carbons (Fsp3) is 0.125. The second-order valence-electron chi connectivity index (χ2n) is 2.64. The van der Waals surface area contributed by atoms with Crippen LogP contribution in [0.2, 0.25) is 0 Å². The third kappa shape index (κ3) is 1.26. The van der Waals surface area contributed by atoms with E-state index in [1.807, 2.05) is 0 Å². The molecule has 2 heterocycles. The Kier molecular flexibility index (Phi) is 2.02. The number of methoxy groups -OCH3 is 1. The minimum atomic E-state index is 0.394. The van der Waals surface area contributed by atoms with Gasteiger partial charge in [-0.2, -0.15) is 15.4 Å². The Balaban J connectivity index is 2.46. The summed E-state index contributed by atoms with van der Waals surface area (Å²) >= 11 is 0. The Morgan fingerprint density at radius 1 is 1.57 bits per heavy atom. The Labute approximate surface area is 79.3 Å². The lowest BCUT2D eigenvalue weighted by Gasteiger charge is -1.92. The normalized spacial score (nSPS) is 10.1.